The summed E-state index contributed by atoms with van der Waals surface area (Å²) in [6.07, 6.45) is -0.0655. The van der Waals surface area contributed by atoms with Crippen molar-refractivity contribution < 1.29 is 14.6 Å². The molecule has 1 heterocycles. The van der Waals surface area contributed by atoms with Crippen LogP contribution in [0.15, 0.2) is 30.3 Å². The molecule has 1 aromatic carbocycles. The van der Waals surface area contributed by atoms with E-state index in [4.69, 9.17) is 9.84 Å². The van der Waals surface area contributed by atoms with Crippen molar-refractivity contribution in [2.45, 2.75) is 13.3 Å². The van der Waals surface area contributed by atoms with Crippen LogP contribution in [-0.4, -0.2) is 28.0 Å². The number of carboxylic acid groups (broad SMARTS) is 1. The number of nitrogens with zero attached hydrogens (tertiary/aromatic N) is 2. The highest BCUT2D eigenvalue weighted by molar-refractivity contribution is 5.69. The zero-order chi connectivity index (χ0) is 13.1. The summed E-state index contributed by atoms with van der Waals surface area (Å²) in [5, 5.41) is 13.0. The molecular formula is C13H14N2O3. The maximum atomic E-state index is 10.6. The van der Waals surface area contributed by atoms with Gasteiger partial charge in [0.05, 0.1) is 24.9 Å². The number of aliphatic carboxylic acids is 1. The molecule has 0 saturated heterocycles. The Morgan fingerprint density at radius 3 is 2.61 bits per heavy atom. The van der Waals surface area contributed by atoms with Crippen LogP contribution < -0.4 is 4.74 Å². The minimum absolute atomic E-state index is 0.0655. The SMILES string of the molecule is COc1ccc(-n2nc(CC(=O)O)cc2C)cc1. The van der Waals surface area contributed by atoms with Gasteiger partial charge in [0.1, 0.15) is 5.75 Å². The fraction of sp³-hybridized carbons (Fsp3) is 0.231. The summed E-state index contributed by atoms with van der Waals surface area (Å²) >= 11 is 0. The number of ether oxygens (including phenoxy) is 1. The molecule has 0 bridgehead atoms. The first-order valence-electron chi connectivity index (χ1n) is 5.52. The van der Waals surface area contributed by atoms with E-state index < -0.39 is 5.97 Å². The van der Waals surface area contributed by atoms with Crippen LogP contribution in [0.25, 0.3) is 5.69 Å². The largest absolute Gasteiger partial charge is 0.497 e. The summed E-state index contributed by atoms with van der Waals surface area (Å²) in [5.74, 6) is -0.108. The molecule has 94 valence electrons. The highest BCUT2D eigenvalue weighted by Crippen LogP contribution is 2.16. The molecule has 0 unspecified atom stereocenters. The third kappa shape index (κ3) is 2.51. The smallest absolute Gasteiger partial charge is 0.309 e. The molecule has 0 radical (unpaired) electrons. The fourth-order valence-corrected chi connectivity index (χ4v) is 1.76. The van der Waals surface area contributed by atoms with Crippen molar-refractivity contribution in [3.8, 4) is 11.4 Å². The van der Waals surface area contributed by atoms with Gasteiger partial charge in [0.2, 0.25) is 0 Å². The van der Waals surface area contributed by atoms with E-state index in [-0.39, 0.29) is 6.42 Å². The van der Waals surface area contributed by atoms with Gasteiger partial charge in [0, 0.05) is 5.69 Å². The number of hydrogen-bond acceptors (Lipinski definition) is 3. The van der Waals surface area contributed by atoms with Crippen molar-refractivity contribution in [2.75, 3.05) is 7.11 Å². The Morgan fingerprint density at radius 2 is 2.06 bits per heavy atom. The number of hydrogen-bond donors (Lipinski definition) is 1. The van der Waals surface area contributed by atoms with Gasteiger partial charge in [-0.15, -0.1) is 0 Å². The van der Waals surface area contributed by atoms with Gasteiger partial charge in [-0.3, -0.25) is 4.79 Å². The minimum atomic E-state index is -0.880. The number of carbonyl (C=O) groups is 1. The second-order valence-electron chi connectivity index (χ2n) is 3.96. The van der Waals surface area contributed by atoms with Crippen LogP contribution in [0.2, 0.25) is 0 Å². The molecule has 0 aliphatic carbocycles. The quantitative estimate of drug-likeness (QED) is 0.893. The molecular weight excluding hydrogens is 232 g/mol. The molecule has 0 spiro atoms. The Balaban J connectivity index is 2.31. The number of benzene rings is 1. The van der Waals surface area contributed by atoms with E-state index in [1.54, 1.807) is 17.9 Å². The van der Waals surface area contributed by atoms with E-state index in [0.29, 0.717) is 5.69 Å². The van der Waals surface area contributed by atoms with Gasteiger partial charge in [-0.05, 0) is 37.3 Å². The molecule has 0 amide bonds. The summed E-state index contributed by atoms with van der Waals surface area (Å²) in [4.78, 5) is 10.6. The van der Waals surface area contributed by atoms with Crippen molar-refractivity contribution >= 4 is 5.97 Å². The molecule has 0 saturated carbocycles. The van der Waals surface area contributed by atoms with Gasteiger partial charge < -0.3 is 9.84 Å². The molecule has 1 N–H and O–H groups in total. The number of rotatable bonds is 4. The van der Waals surface area contributed by atoms with Gasteiger partial charge in [0.25, 0.3) is 0 Å². The number of carboxylic acids is 1. The molecule has 5 heteroatoms. The molecule has 2 aromatic rings. The number of aryl methyl sites for hydroxylation is 1. The van der Waals surface area contributed by atoms with Crippen molar-refractivity contribution in [2.24, 2.45) is 0 Å². The first-order chi connectivity index (χ1) is 8.60. The van der Waals surface area contributed by atoms with E-state index in [9.17, 15) is 4.79 Å². The predicted octanol–water partition coefficient (Wildman–Crippen LogP) is 1.82. The van der Waals surface area contributed by atoms with E-state index in [2.05, 4.69) is 5.10 Å². The van der Waals surface area contributed by atoms with Crippen molar-refractivity contribution in [1.29, 1.82) is 0 Å². The lowest BCUT2D eigenvalue weighted by molar-refractivity contribution is -0.136. The Morgan fingerprint density at radius 1 is 1.39 bits per heavy atom. The average Bonchev–Trinajstić information content (AvgIpc) is 2.69. The Bertz CT molecular complexity index is 558. The predicted molar refractivity (Wildman–Crippen MR) is 66.2 cm³/mol. The van der Waals surface area contributed by atoms with Crippen LogP contribution in [0.5, 0.6) is 5.75 Å². The Labute approximate surface area is 105 Å². The van der Waals surface area contributed by atoms with Crippen molar-refractivity contribution in [1.82, 2.24) is 9.78 Å². The summed E-state index contributed by atoms with van der Waals surface area (Å²) in [6, 6.07) is 9.21. The van der Waals surface area contributed by atoms with Crippen molar-refractivity contribution in [3.63, 3.8) is 0 Å². The van der Waals surface area contributed by atoms with Gasteiger partial charge in [-0.2, -0.15) is 5.10 Å². The maximum absolute atomic E-state index is 10.6. The lowest BCUT2D eigenvalue weighted by atomic mass is 10.3. The molecule has 0 aliphatic heterocycles. The monoisotopic (exact) mass is 246 g/mol. The standard InChI is InChI=1S/C13H14N2O3/c1-9-7-10(8-13(16)17)14-15(9)11-3-5-12(18-2)6-4-11/h3-7H,8H2,1-2H3,(H,16,17). The van der Waals surface area contributed by atoms with E-state index >= 15 is 0 Å². The highest BCUT2D eigenvalue weighted by Gasteiger charge is 2.09. The summed E-state index contributed by atoms with van der Waals surface area (Å²) in [5.41, 5.74) is 2.33. The normalized spacial score (nSPS) is 10.3. The Kier molecular flexibility index (Phi) is 3.32. The molecule has 5 nitrogen and oxygen atoms in total. The topological polar surface area (TPSA) is 64.4 Å². The number of methoxy groups -OCH3 is 1. The minimum Gasteiger partial charge on any atom is -0.497 e. The van der Waals surface area contributed by atoms with E-state index in [1.165, 1.54) is 0 Å². The summed E-state index contributed by atoms with van der Waals surface area (Å²) in [7, 11) is 1.61. The highest BCUT2D eigenvalue weighted by atomic mass is 16.5. The third-order valence-electron chi connectivity index (χ3n) is 2.59. The van der Waals surface area contributed by atoms with Gasteiger partial charge in [-0.25, -0.2) is 4.68 Å². The van der Waals surface area contributed by atoms with E-state index in [0.717, 1.165) is 17.1 Å². The van der Waals surface area contributed by atoms with Crippen LogP contribution >= 0.6 is 0 Å². The zero-order valence-electron chi connectivity index (χ0n) is 10.3. The second-order valence-corrected chi connectivity index (χ2v) is 3.96. The summed E-state index contributed by atoms with van der Waals surface area (Å²) in [6.45, 7) is 1.89. The molecule has 0 fully saturated rings. The maximum Gasteiger partial charge on any atom is 0.309 e. The van der Waals surface area contributed by atoms with Crippen LogP contribution in [0.3, 0.4) is 0 Å². The Hall–Kier alpha value is -2.30. The van der Waals surface area contributed by atoms with Gasteiger partial charge in [-0.1, -0.05) is 0 Å². The average molecular weight is 246 g/mol. The third-order valence-corrected chi connectivity index (χ3v) is 2.59. The van der Waals surface area contributed by atoms with Crippen molar-refractivity contribution in [3.05, 3.63) is 41.7 Å². The fourth-order valence-electron chi connectivity index (χ4n) is 1.76. The lowest BCUT2D eigenvalue weighted by Gasteiger charge is -2.05. The molecule has 2 rings (SSSR count). The molecule has 0 atom stereocenters. The number of aromatic nitrogens is 2. The molecule has 0 aliphatic rings. The lowest BCUT2D eigenvalue weighted by Crippen LogP contribution is -2.03. The molecule has 1 aromatic heterocycles. The van der Waals surface area contributed by atoms with Crippen LogP contribution in [0.4, 0.5) is 0 Å². The van der Waals surface area contributed by atoms with Crippen LogP contribution in [0.1, 0.15) is 11.4 Å². The molecule has 18 heavy (non-hydrogen) atoms. The van der Waals surface area contributed by atoms with Crippen LogP contribution in [0, 0.1) is 6.92 Å². The second kappa shape index (κ2) is 4.91. The van der Waals surface area contributed by atoms with E-state index in [1.807, 2.05) is 31.2 Å². The zero-order valence-corrected chi connectivity index (χ0v) is 10.3. The van der Waals surface area contributed by atoms with Gasteiger partial charge in [0.15, 0.2) is 0 Å². The summed E-state index contributed by atoms with van der Waals surface area (Å²) < 4.78 is 6.81. The first-order valence-corrected chi connectivity index (χ1v) is 5.52. The van der Waals surface area contributed by atoms with Crippen LogP contribution in [-0.2, 0) is 11.2 Å². The van der Waals surface area contributed by atoms with Gasteiger partial charge >= 0.3 is 5.97 Å². The first kappa shape index (κ1) is 12.2.